The Hall–Kier alpha value is -2.02. The lowest BCUT2D eigenvalue weighted by atomic mass is 9.98. The summed E-state index contributed by atoms with van der Waals surface area (Å²) in [5.41, 5.74) is 3.47. The van der Waals surface area contributed by atoms with E-state index in [2.05, 4.69) is 12.3 Å². The number of hydrogen-bond donors (Lipinski definition) is 0. The van der Waals surface area contributed by atoms with E-state index in [9.17, 15) is 4.79 Å². The predicted molar refractivity (Wildman–Crippen MR) is 70.1 cm³/mol. The molecule has 1 aliphatic rings. The average molecular weight is 243 g/mol. The number of nitrogens with zero attached hydrogens (tertiary/aromatic N) is 3. The molecule has 18 heavy (non-hydrogen) atoms. The highest BCUT2D eigenvalue weighted by Gasteiger charge is 2.20. The van der Waals surface area contributed by atoms with E-state index < -0.39 is 0 Å². The zero-order valence-electron chi connectivity index (χ0n) is 10.8. The van der Waals surface area contributed by atoms with Crippen molar-refractivity contribution < 1.29 is 4.79 Å². The first kappa shape index (κ1) is 12.4. The fourth-order valence-electron chi connectivity index (χ4n) is 2.21. The molecule has 0 atom stereocenters. The maximum atomic E-state index is 11.6. The summed E-state index contributed by atoms with van der Waals surface area (Å²) in [5.74, 6) is 0.180. The number of anilines is 1. The Morgan fingerprint density at radius 3 is 2.94 bits per heavy atom. The van der Waals surface area contributed by atoms with Gasteiger partial charge in [0.2, 0.25) is 5.91 Å². The highest BCUT2D eigenvalue weighted by molar-refractivity contribution is 5.95. The molecule has 0 N–H and O–H groups in total. The Bertz CT molecular complexity index is 504. The molecule has 1 aromatic rings. The summed E-state index contributed by atoms with van der Waals surface area (Å²) < 4.78 is 0. The van der Waals surface area contributed by atoms with Gasteiger partial charge in [0.1, 0.15) is 0 Å². The lowest BCUT2D eigenvalue weighted by Crippen LogP contribution is -2.31. The van der Waals surface area contributed by atoms with Crippen molar-refractivity contribution in [3.8, 4) is 6.19 Å². The minimum atomic E-state index is 0.180. The molecule has 1 amide bonds. The molecular weight excluding hydrogens is 226 g/mol. The molecular formula is C14H17N3O. The van der Waals surface area contributed by atoms with Gasteiger partial charge in [-0.15, -0.1) is 0 Å². The van der Waals surface area contributed by atoms with Crippen LogP contribution in [0.25, 0.3) is 0 Å². The molecule has 0 unspecified atom stereocenters. The molecule has 0 radical (unpaired) electrons. The van der Waals surface area contributed by atoms with E-state index in [0.717, 1.165) is 25.1 Å². The van der Waals surface area contributed by atoms with Crippen LogP contribution in [0.2, 0.25) is 0 Å². The Morgan fingerprint density at radius 2 is 2.22 bits per heavy atom. The molecule has 4 heteroatoms. The molecule has 1 aliphatic heterocycles. The van der Waals surface area contributed by atoms with Crippen molar-refractivity contribution in [2.45, 2.75) is 19.3 Å². The summed E-state index contributed by atoms with van der Waals surface area (Å²) in [7, 11) is 3.61. The van der Waals surface area contributed by atoms with Crippen LogP contribution in [0, 0.1) is 11.5 Å². The summed E-state index contributed by atoms with van der Waals surface area (Å²) in [6.45, 7) is 0.726. The van der Waals surface area contributed by atoms with Gasteiger partial charge in [-0.3, -0.25) is 4.79 Å². The highest BCUT2D eigenvalue weighted by Crippen LogP contribution is 2.27. The van der Waals surface area contributed by atoms with Crippen molar-refractivity contribution in [3.05, 3.63) is 29.3 Å². The van der Waals surface area contributed by atoms with E-state index >= 15 is 0 Å². The molecule has 0 saturated carbocycles. The number of likely N-dealkylation sites (N-methyl/N-ethyl adjacent to an activating group) is 1. The first-order chi connectivity index (χ1) is 8.61. The minimum Gasteiger partial charge on any atom is -0.315 e. The Labute approximate surface area is 107 Å². The minimum absolute atomic E-state index is 0.180. The summed E-state index contributed by atoms with van der Waals surface area (Å²) in [5, 5.41) is 8.70. The summed E-state index contributed by atoms with van der Waals surface area (Å²) in [6, 6.07) is 6.21. The summed E-state index contributed by atoms with van der Waals surface area (Å²) in [6.07, 6.45) is 4.36. The number of aryl methyl sites for hydroxylation is 1. The topological polar surface area (TPSA) is 47.3 Å². The quantitative estimate of drug-likeness (QED) is 0.598. The van der Waals surface area contributed by atoms with Crippen molar-refractivity contribution in [3.63, 3.8) is 0 Å². The van der Waals surface area contributed by atoms with Crippen LogP contribution in [-0.2, 0) is 17.6 Å². The van der Waals surface area contributed by atoms with Crippen molar-refractivity contribution in [1.82, 2.24) is 4.90 Å². The van der Waals surface area contributed by atoms with Gasteiger partial charge in [0.15, 0.2) is 6.19 Å². The first-order valence-electron chi connectivity index (χ1n) is 6.11. The summed E-state index contributed by atoms with van der Waals surface area (Å²) in [4.78, 5) is 14.9. The molecule has 0 saturated heterocycles. The lowest BCUT2D eigenvalue weighted by Gasteiger charge is -2.26. The number of nitriles is 1. The first-order valence-corrected chi connectivity index (χ1v) is 6.11. The molecule has 1 heterocycles. The van der Waals surface area contributed by atoms with E-state index in [4.69, 9.17) is 5.26 Å². The van der Waals surface area contributed by atoms with Crippen LogP contribution < -0.4 is 4.90 Å². The third-order valence-corrected chi connectivity index (χ3v) is 3.39. The van der Waals surface area contributed by atoms with Gasteiger partial charge in [0, 0.05) is 32.7 Å². The second-order valence-electron chi connectivity index (χ2n) is 4.69. The predicted octanol–water partition coefficient (Wildman–Crippen LogP) is 1.55. The zero-order chi connectivity index (χ0) is 13.1. The van der Waals surface area contributed by atoms with E-state index in [0.29, 0.717) is 6.42 Å². The van der Waals surface area contributed by atoms with Crippen LogP contribution in [0.4, 0.5) is 5.69 Å². The van der Waals surface area contributed by atoms with Gasteiger partial charge in [-0.25, -0.2) is 0 Å². The third kappa shape index (κ3) is 2.45. The smallest absolute Gasteiger partial charge is 0.227 e. The number of rotatable bonds is 3. The number of carbonyl (C=O) groups excluding carboxylic acids is 1. The van der Waals surface area contributed by atoms with Gasteiger partial charge in [-0.1, -0.05) is 12.1 Å². The number of amides is 1. The largest absolute Gasteiger partial charge is 0.315 e. The van der Waals surface area contributed by atoms with Crippen LogP contribution in [0.15, 0.2) is 18.2 Å². The van der Waals surface area contributed by atoms with Crippen LogP contribution >= 0.6 is 0 Å². The van der Waals surface area contributed by atoms with Crippen molar-refractivity contribution in [1.29, 1.82) is 5.26 Å². The fourth-order valence-corrected chi connectivity index (χ4v) is 2.21. The maximum absolute atomic E-state index is 11.6. The van der Waals surface area contributed by atoms with E-state index in [1.807, 2.05) is 19.2 Å². The molecule has 0 fully saturated rings. The van der Waals surface area contributed by atoms with E-state index in [1.54, 1.807) is 16.8 Å². The number of hydrogen-bond acceptors (Lipinski definition) is 3. The molecule has 1 aromatic carbocycles. The maximum Gasteiger partial charge on any atom is 0.227 e. The van der Waals surface area contributed by atoms with Crippen molar-refractivity contribution in [2.24, 2.45) is 0 Å². The van der Waals surface area contributed by atoms with Gasteiger partial charge in [0.25, 0.3) is 0 Å². The van der Waals surface area contributed by atoms with Crippen LogP contribution in [0.1, 0.15) is 17.5 Å². The number of benzene rings is 1. The normalized spacial score (nSPS) is 14.1. The van der Waals surface area contributed by atoms with E-state index in [-0.39, 0.29) is 5.91 Å². The van der Waals surface area contributed by atoms with Gasteiger partial charge < -0.3 is 9.80 Å². The second-order valence-corrected chi connectivity index (χ2v) is 4.69. The van der Waals surface area contributed by atoms with Crippen LogP contribution in [0.5, 0.6) is 0 Å². The zero-order valence-corrected chi connectivity index (χ0v) is 10.8. The van der Waals surface area contributed by atoms with E-state index in [1.165, 1.54) is 11.1 Å². The third-order valence-electron chi connectivity index (χ3n) is 3.39. The lowest BCUT2D eigenvalue weighted by molar-refractivity contribution is -0.118. The molecule has 0 spiro atoms. The SMILES string of the molecule is CN(C#N)CCc1ccc2c(c1)CCC(=O)N2C. The average Bonchev–Trinajstić information content (AvgIpc) is 2.40. The monoisotopic (exact) mass is 243 g/mol. The highest BCUT2D eigenvalue weighted by atomic mass is 16.2. The summed E-state index contributed by atoms with van der Waals surface area (Å²) >= 11 is 0. The molecule has 4 nitrogen and oxygen atoms in total. The molecule has 0 aliphatic carbocycles. The van der Waals surface area contributed by atoms with Crippen molar-refractivity contribution in [2.75, 3.05) is 25.5 Å². The molecule has 0 aromatic heterocycles. The molecule has 2 rings (SSSR count). The molecule has 94 valence electrons. The van der Waals surface area contributed by atoms with Gasteiger partial charge >= 0.3 is 0 Å². The number of fused-ring (bicyclic) bond motifs is 1. The van der Waals surface area contributed by atoms with Gasteiger partial charge in [-0.05, 0) is 30.0 Å². The second kappa shape index (κ2) is 5.09. The van der Waals surface area contributed by atoms with Crippen molar-refractivity contribution >= 4 is 11.6 Å². The number of carbonyl (C=O) groups is 1. The van der Waals surface area contributed by atoms with Gasteiger partial charge in [0.05, 0.1) is 0 Å². The van der Waals surface area contributed by atoms with Gasteiger partial charge in [-0.2, -0.15) is 5.26 Å². The van der Waals surface area contributed by atoms with Crippen LogP contribution in [0.3, 0.4) is 0 Å². The standard InChI is InChI=1S/C14H17N3O/c1-16(10-15)8-7-11-3-5-13-12(9-11)4-6-14(18)17(13)2/h3,5,9H,4,6-8H2,1-2H3. The Balaban J connectivity index is 2.13. The molecule has 0 bridgehead atoms. The Morgan fingerprint density at radius 1 is 1.44 bits per heavy atom. The Kier molecular flexibility index (Phi) is 3.52. The fraction of sp³-hybridized carbons (Fsp3) is 0.429. The van der Waals surface area contributed by atoms with Crippen LogP contribution in [-0.4, -0.2) is 31.4 Å².